The van der Waals surface area contributed by atoms with Gasteiger partial charge in [0.25, 0.3) is 5.91 Å². The second-order valence-corrected chi connectivity index (χ2v) is 7.75. The maximum atomic E-state index is 12.6. The van der Waals surface area contributed by atoms with E-state index in [2.05, 4.69) is 15.3 Å². The van der Waals surface area contributed by atoms with Gasteiger partial charge in [-0.3, -0.25) is 9.59 Å². The van der Waals surface area contributed by atoms with Gasteiger partial charge in [0, 0.05) is 26.3 Å². The Labute approximate surface area is 190 Å². The van der Waals surface area contributed by atoms with E-state index in [-0.39, 0.29) is 40.5 Å². The molecule has 2 amide bonds. The number of benzene rings is 1. The molecule has 2 aromatic rings. The van der Waals surface area contributed by atoms with E-state index in [1.165, 1.54) is 25.3 Å². The smallest absolute Gasteiger partial charge is 0.335 e. The molecule has 0 spiro atoms. The molecule has 2 heterocycles. The fourth-order valence-corrected chi connectivity index (χ4v) is 3.76. The molecule has 3 N–H and O–H groups in total. The number of hydrogen-bond acceptors (Lipinski definition) is 5. The molecule has 3 rings (SSSR count). The fraction of sp³-hybridized carbons (Fsp3) is 0.364. The number of aromatic amines is 1. The lowest BCUT2D eigenvalue weighted by molar-refractivity contribution is -0.130. The van der Waals surface area contributed by atoms with Crippen LogP contribution < -0.4 is 5.32 Å². The van der Waals surface area contributed by atoms with Crippen molar-refractivity contribution in [3.8, 4) is 0 Å². The van der Waals surface area contributed by atoms with Crippen LogP contribution in [0.2, 0.25) is 5.15 Å². The van der Waals surface area contributed by atoms with Crippen LogP contribution in [0.5, 0.6) is 0 Å². The van der Waals surface area contributed by atoms with Crippen LogP contribution in [0.3, 0.4) is 0 Å². The molecule has 0 radical (unpaired) electrons. The summed E-state index contributed by atoms with van der Waals surface area (Å²) < 4.78 is 5.52. The standard InChI is InChI=1S/C22H25ClN4O5/c1-3-15-19(23)26-20(24-15)21(29)25-16-10-11-27(12-17(16)32-2)18(28)9-6-13-4-7-14(8-5-13)22(30)31/h4-9,16-17H,3,10-12H2,1-2H3,(H,24,26)(H,25,29)(H,30,31). The van der Waals surface area contributed by atoms with Crippen LogP contribution in [0.15, 0.2) is 30.3 Å². The van der Waals surface area contributed by atoms with Gasteiger partial charge in [0.05, 0.1) is 23.4 Å². The zero-order valence-electron chi connectivity index (χ0n) is 17.8. The molecule has 1 saturated heterocycles. The van der Waals surface area contributed by atoms with Crippen LogP contribution in [0.25, 0.3) is 6.08 Å². The zero-order valence-corrected chi connectivity index (χ0v) is 18.6. The van der Waals surface area contributed by atoms with Gasteiger partial charge in [0.1, 0.15) is 0 Å². The van der Waals surface area contributed by atoms with Gasteiger partial charge in [0.15, 0.2) is 11.0 Å². The number of carboxylic acid groups (broad SMARTS) is 1. The maximum Gasteiger partial charge on any atom is 0.335 e. The van der Waals surface area contributed by atoms with Gasteiger partial charge in [-0.25, -0.2) is 9.78 Å². The highest BCUT2D eigenvalue weighted by molar-refractivity contribution is 6.30. The van der Waals surface area contributed by atoms with E-state index < -0.39 is 5.97 Å². The van der Waals surface area contributed by atoms with E-state index in [1.807, 2.05) is 6.92 Å². The number of hydrogen-bond donors (Lipinski definition) is 3. The van der Waals surface area contributed by atoms with Crippen molar-refractivity contribution in [2.75, 3.05) is 20.2 Å². The second kappa shape index (κ2) is 10.4. The average Bonchev–Trinajstić information content (AvgIpc) is 3.18. The van der Waals surface area contributed by atoms with Crippen LogP contribution in [0, 0.1) is 0 Å². The summed E-state index contributed by atoms with van der Waals surface area (Å²) in [6.45, 7) is 2.68. The number of carbonyl (C=O) groups excluding carboxylic acids is 2. The number of nitrogens with zero attached hydrogens (tertiary/aromatic N) is 2. The third kappa shape index (κ3) is 5.54. The minimum Gasteiger partial charge on any atom is -0.478 e. The summed E-state index contributed by atoms with van der Waals surface area (Å²) in [6, 6.07) is 5.96. The minimum absolute atomic E-state index is 0.150. The first-order valence-electron chi connectivity index (χ1n) is 10.2. The first-order valence-corrected chi connectivity index (χ1v) is 10.6. The second-order valence-electron chi connectivity index (χ2n) is 7.40. The number of amides is 2. The highest BCUT2D eigenvalue weighted by atomic mass is 35.5. The van der Waals surface area contributed by atoms with Crippen molar-refractivity contribution in [3.05, 3.63) is 58.1 Å². The molecule has 1 aliphatic rings. The Morgan fingerprint density at radius 1 is 1.34 bits per heavy atom. The molecule has 10 heteroatoms. The Balaban J connectivity index is 1.58. The van der Waals surface area contributed by atoms with Crippen LogP contribution >= 0.6 is 11.6 Å². The van der Waals surface area contributed by atoms with Crippen molar-refractivity contribution in [2.24, 2.45) is 0 Å². The van der Waals surface area contributed by atoms with E-state index in [0.29, 0.717) is 31.6 Å². The summed E-state index contributed by atoms with van der Waals surface area (Å²) in [5.41, 5.74) is 1.60. The lowest BCUT2D eigenvalue weighted by atomic mass is 10.0. The predicted octanol–water partition coefficient (Wildman–Crippen LogP) is 2.38. The van der Waals surface area contributed by atoms with Crippen molar-refractivity contribution in [1.82, 2.24) is 20.2 Å². The van der Waals surface area contributed by atoms with Gasteiger partial charge in [-0.05, 0) is 36.6 Å². The molecule has 9 nitrogen and oxygen atoms in total. The monoisotopic (exact) mass is 460 g/mol. The lowest BCUT2D eigenvalue weighted by Gasteiger charge is -2.37. The molecule has 170 valence electrons. The highest BCUT2D eigenvalue weighted by Crippen LogP contribution is 2.17. The summed E-state index contributed by atoms with van der Waals surface area (Å²) in [7, 11) is 1.54. The summed E-state index contributed by atoms with van der Waals surface area (Å²) in [6.07, 6.45) is 3.86. The average molecular weight is 461 g/mol. The quantitative estimate of drug-likeness (QED) is 0.545. The fourth-order valence-electron chi connectivity index (χ4n) is 3.50. The lowest BCUT2D eigenvalue weighted by Crippen LogP contribution is -2.55. The van der Waals surface area contributed by atoms with Crippen LogP contribution in [0.4, 0.5) is 0 Å². The Morgan fingerprint density at radius 3 is 2.66 bits per heavy atom. The molecule has 2 atom stereocenters. The number of nitrogens with one attached hydrogen (secondary N) is 2. The van der Waals surface area contributed by atoms with Gasteiger partial charge < -0.3 is 25.0 Å². The number of aryl methyl sites for hydroxylation is 1. The van der Waals surface area contributed by atoms with Crippen LogP contribution in [0.1, 0.15) is 45.6 Å². The van der Waals surface area contributed by atoms with Crippen molar-refractivity contribution in [1.29, 1.82) is 0 Å². The highest BCUT2D eigenvalue weighted by Gasteiger charge is 2.32. The number of aromatic carboxylic acids is 1. The number of rotatable bonds is 7. The summed E-state index contributed by atoms with van der Waals surface area (Å²) in [5, 5.41) is 12.1. The Morgan fingerprint density at radius 2 is 2.06 bits per heavy atom. The van der Waals surface area contributed by atoms with Crippen molar-refractivity contribution in [2.45, 2.75) is 31.9 Å². The van der Waals surface area contributed by atoms with Crippen LogP contribution in [-0.4, -0.2) is 70.1 Å². The number of carbonyl (C=O) groups is 3. The summed E-state index contributed by atoms with van der Waals surface area (Å²) in [5.74, 6) is -1.41. The number of ether oxygens (including phenoxy) is 1. The molecule has 1 fully saturated rings. The summed E-state index contributed by atoms with van der Waals surface area (Å²) >= 11 is 6.01. The Hall–Kier alpha value is -3.17. The normalized spacial score (nSPS) is 18.7. The van der Waals surface area contributed by atoms with E-state index in [1.54, 1.807) is 23.1 Å². The molecule has 1 aromatic heterocycles. The molecule has 1 aliphatic heterocycles. The molecule has 0 aliphatic carbocycles. The largest absolute Gasteiger partial charge is 0.478 e. The summed E-state index contributed by atoms with van der Waals surface area (Å²) in [4.78, 5) is 44.7. The van der Waals surface area contributed by atoms with E-state index in [9.17, 15) is 14.4 Å². The first-order chi connectivity index (χ1) is 15.3. The zero-order chi connectivity index (χ0) is 23.3. The third-order valence-corrected chi connectivity index (χ3v) is 5.68. The number of likely N-dealkylation sites (tertiary alicyclic amines) is 1. The molecular formula is C22H25ClN4O5. The van der Waals surface area contributed by atoms with Gasteiger partial charge in [-0.1, -0.05) is 30.7 Å². The number of methoxy groups -OCH3 is 1. The SMILES string of the molecule is CCc1[nH]c(C(=O)NC2CCN(C(=O)C=Cc3ccc(C(=O)O)cc3)CC2OC)nc1Cl. The van der Waals surface area contributed by atoms with Crippen LogP contribution in [-0.2, 0) is 16.0 Å². The minimum atomic E-state index is -1.00. The van der Waals surface area contributed by atoms with E-state index >= 15 is 0 Å². The van der Waals surface area contributed by atoms with E-state index in [0.717, 1.165) is 5.56 Å². The first kappa shape index (κ1) is 23.5. The van der Waals surface area contributed by atoms with Gasteiger partial charge in [0.2, 0.25) is 5.91 Å². The number of halogens is 1. The number of aromatic nitrogens is 2. The molecular weight excluding hydrogens is 436 g/mol. The molecule has 2 unspecified atom stereocenters. The van der Waals surface area contributed by atoms with Crippen molar-refractivity contribution < 1.29 is 24.2 Å². The Bertz CT molecular complexity index is 1020. The number of piperidine rings is 1. The molecule has 1 aromatic carbocycles. The van der Waals surface area contributed by atoms with Crippen molar-refractivity contribution in [3.63, 3.8) is 0 Å². The Kier molecular flexibility index (Phi) is 7.66. The van der Waals surface area contributed by atoms with Gasteiger partial charge in [-0.15, -0.1) is 0 Å². The third-order valence-electron chi connectivity index (χ3n) is 5.36. The predicted molar refractivity (Wildman–Crippen MR) is 119 cm³/mol. The number of imidazole rings is 1. The van der Waals surface area contributed by atoms with Gasteiger partial charge in [-0.2, -0.15) is 0 Å². The molecule has 0 bridgehead atoms. The molecule has 32 heavy (non-hydrogen) atoms. The molecule has 0 saturated carbocycles. The maximum absolute atomic E-state index is 12.6. The topological polar surface area (TPSA) is 125 Å². The number of carboxylic acids is 1. The van der Waals surface area contributed by atoms with E-state index in [4.69, 9.17) is 21.4 Å². The number of H-pyrrole nitrogens is 1. The van der Waals surface area contributed by atoms with Crippen molar-refractivity contribution >= 4 is 35.5 Å². The van der Waals surface area contributed by atoms with Gasteiger partial charge >= 0.3 is 5.97 Å².